The second-order valence-corrected chi connectivity index (χ2v) is 3.56. The molecule has 0 fully saturated rings. The van der Waals surface area contributed by atoms with Gasteiger partial charge in [-0.15, -0.1) is 0 Å². The van der Waals surface area contributed by atoms with Crippen LogP contribution >= 0.6 is 15.9 Å². The summed E-state index contributed by atoms with van der Waals surface area (Å²) in [6.45, 7) is 1.85. The van der Waals surface area contributed by atoms with Gasteiger partial charge in [0, 0.05) is 4.47 Å². The molecule has 0 aliphatic rings. The lowest BCUT2D eigenvalue weighted by molar-refractivity contribution is -0.143. The van der Waals surface area contributed by atoms with Crippen LogP contribution in [-0.4, -0.2) is 11.1 Å². The summed E-state index contributed by atoms with van der Waals surface area (Å²) in [5.41, 5.74) is 1.10. The van der Waals surface area contributed by atoms with Crippen molar-refractivity contribution in [2.24, 2.45) is 0 Å². The molecular weight excluding hydrogens is 239 g/mol. The first kappa shape index (κ1) is 10.2. The number of carbonyl (C=O) groups is 1. The number of benzene rings is 1. The zero-order valence-corrected chi connectivity index (χ0v) is 8.51. The van der Waals surface area contributed by atoms with E-state index in [1.54, 1.807) is 6.07 Å². The molecule has 0 saturated carbocycles. The number of carboxylic acid groups (broad SMARTS) is 1. The topological polar surface area (TPSA) is 37.3 Å². The molecule has 1 N–H and O–H groups in total. The fraction of sp³-hybridized carbons (Fsp3) is 0.222. The molecule has 1 atom stereocenters. The van der Waals surface area contributed by atoms with E-state index in [-0.39, 0.29) is 5.56 Å². The molecule has 0 aliphatic carbocycles. The summed E-state index contributed by atoms with van der Waals surface area (Å²) in [4.78, 5) is 10.3. The average Bonchev–Trinajstić information content (AvgIpc) is 2.08. The Morgan fingerprint density at radius 2 is 2.23 bits per heavy atom. The normalized spacial score (nSPS) is 12.5. The Kier molecular flexibility index (Phi) is 3.03. The lowest BCUT2D eigenvalue weighted by Crippen LogP contribution is -2.05. The lowest BCUT2D eigenvalue weighted by atomic mass is 10.1. The van der Waals surface area contributed by atoms with Crippen LogP contribution in [0.5, 0.6) is 0 Å². The molecule has 0 saturated heterocycles. The van der Waals surface area contributed by atoms with Gasteiger partial charge in [-0.1, -0.05) is 28.1 Å². The van der Waals surface area contributed by atoms with Crippen molar-refractivity contribution in [3.63, 3.8) is 0 Å². The van der Waals surface area contributed by atoms with Gasteiger partial charge in [-0.2, -0.15) is 0 Å². The van der Waals surface area contributed by atoms with Crippen molar-refractivity contribution in [3.05, 3.63) is 33.8 Å². The summed E-state index contributed by atoms with van der Waals surface area (Å²) >= 11 is 3.20. The maximum absolute atomic E-state index is 12.9. The maximum Gasteiger partial charge on any atom is 0.343 e. The van der Waals surface area contributed by atoms with Gasteiger partial charge in [0.15, 0.2) is 0 Å². The second-order valence-electron chi connectivity index (χ2n) is 2.71. The minimum Gasteiger partial charge on any atom is -0.479 e. The number of hydrogen-bond donors (Lipinski definition) is 1. The molecule has 2 nitrogen and oxygen atoms in total. The molecule has 0 spiro atoms. The van der Waals surface area contributed by atoms with Crippen molar-refractivity contribution in [1.29, 1.82) is 0 Å². The number of aliphatic carboxylic acids is 1. The van der Waals surface area contributed by atoms with Crippen LogP contribution in [0, 0.1) is 6.92 Å². The van der Waals surface area contributed by atoms with Crippen molar-refractivity contribution in [1.82, 2.24) is 0 Å². The van der Waals surface area contributed by atoms with Crippen molar-refractivity contribution in [2.45, 2.75) is 13.1 Å². The Balaban J connectivity index is 3.03. The van der Waals surface area contributed by atoms with Crippen molar-refractivity contribution in [3.8, 4) is 0 Å². The molecule has 0 amide bonds. The molecule has 0 aromatic heterocycles. The Bertz CT molecular complexity index is 338. The highest BCUT2D eigenvalue weighted by Gasteiger charge is 2.18. The van der Waals surface area contributed by atoms with E-state index in [0.717, 1.165) is 5.56 Å². The van der Waals surface area contributed by atoms with Gasteiger partial charge < -0.3 is 5.11 Å². The van der Waals surface area contributed by atoms with Crippen LogP contribution in [0.3, 0.4) is 0 Å². The number of aryl methyl sites for hydroxylation is 1. The Morgan fingerprint density at radius 1 is 1.62 bits per heavy atom. The van der Waals surface area contributed by atoms with Crippen LogP contribution in [0.1, 0.15) is 17.3 Å². The molecule has 13 heavy (non-hydrogen) atoms. The van der Waals surface area contributed by atoms with Crippen molar-refractivity contribution in [2.75, 3.05) is 0 Å². The first-order valence-electron chi connectivity index (χ1n) is 3.65. The van der Waals surface area contributed by atoms with Crippen molar-refractivity contribution < 1.29 is 14.3 Å². The van der Waals surface area contributed by atoms with Gasteiger partial charge in [-0.05, 0) is 24.1 Å². The van der Waals surface area contributed by atoms with E-state index in [1.165, 1.54) is 12.1 Å². The first-order chi connectivity index (χ1) is 6.02. The van der Waals surface area contributed by atoms with Crippen LogP contribution in [0.2, 0.25) is 0 Å². The summed E-state index contributed by atoms with van der Waals surface area (Å²) < 4.78 is 13.7. The highest BCUT2D eigenvalue weighted by molar-refractivity contribution is 9.10. The van der Waals surface area contributed by atoms with Gasteiger partial charge in [0.2, 0.25) is 6.17 Å². The minimum absolute atomic E-state index is 0.157. The van der Waals surface area contributed by atoms with Crippen LogP contribution in [-0.2, 0) is 4.79 Å². The van der Waals surface area contributed by atoms with Crippen molar-refractivity contribution >= 4 is 21.9 Å². The summed E-state index contributed by atoms with van der Waals surface area (Å²) in [5.74, 6) is -1.46. The van der Waals surface area contributed by atoms with Gasteiger partial charge in [0.25, 0.3) is 0 Å². The molecule has 1 aromatic carbocycles. The fourth-order valence-electron chi connectivity index (χ4n) is 0.909. The predicted octanol–water partition coefficient (Wildman–Crippen LogP) is 2.85. The molecule has 1 aromatic rings. The van der Waals surface area contributed by atoms with E-state index in [0.29, 0.717) is 4.47 Å². The highest BCUT2D eigenvalue weighted by Crippen LogP contribution is 2.24. The monoisotopic (exact) mass is 246 g/mol. The third-order valence-electron chi connectivity index (χ3n) is 1.71. The molecule has 70 valence electrons. The Morgan fingerprint density at radius 3 is 2.69 bits per heavy atom. The third-order valence-corrected chi connectivity index (χ3v) is 2.56. The Hall–Kier alpha value is -0.900. The standard InChI is InChI=1S/C9H8BrFO2/c1-5-2-3-6(4-7(5)10)8(11)9(12)13/h2-4,8H,1H3,(H,12,13). The summed E-state index contributed by atoms with van der Waals surface area (Å²) in [5, 5.41) is 8.41. The van der Waals surface area contributed by atoms with E-state index in [1.807, 2.05) is 6.92 Å². The van der Waals surface area contributed by atoms with E-state index >= 15 is 0 Å². The van der Waals surface area contributed by atoms with Crippen LogP contribution in [0.4, 0.5) is 4.39 Å². The van der Waals surface area contributed by atoms with E-state index in [9.17, 15) is 9.18 Å². The Labute approximate surface area is 83.5 Å². The molecule has 1 unspecified atom stereocenters. The minimum atomic E-state index is -1.95. The zero-order valence-electron chi connectivity index (χ0n) is 6.92. The summed E-state index contributed by atoms with van der Waals surface area (Å²) in [7, 11) is 0. The third kappa shape index (κ3) is 2.28. The van der Waals surface area contributed by atoms with E-state index in [2.05, 4.69) is 15.9 Å². The zero-order chi connectivity index (χ0) is 10.0. The predicted molar refractivity (Wildman–Crippen MR) is 50.4 cm³/mol. The molecule has 0 heterocycles. The summed E-state index contributed by atoms with van der Waals surface area (Å²) in [6.07, 6.45) is -1.95. The van der Waals surface area contributed by atoms with Gasteiger partial charge in [0.05, 0.1) is 0 Å². The molecule has 1 rings (SSSR count). The van der Waals surface area contributed by atoms with Crippen LogP contribution < -0.4 is 0 Å². The van der Waals surface area contributed by atoms with Gasteiger partial charge in [-0.3, -0.25) is 0 Å². The smallest absolute Gasteiger partial charge is 0.343 e. The van der Waals surface area contributed by atoms with Crippen LogP contribution in [0.25, 0.3) is 0 Å². The summed E-state index contributed by atoms with van der Waals surface area (Å²) in [6, 6.07) is 4.63. The van der Waals surface area contributed by atoms with E-state index < -0.39 is 12.1 Å². The number of carboxylic acids is 1. The first-order valence-corrected chi connectivity index (χ1v) is 4.44. The number of rotatable bonds is 2. The highest BCUT2D eigenvalue weighted by atomic mass is 79.9. The quantitative estimate of drug-likeness (QED) is 0.872. The fourth-order valence-corrected chi connectivity index (χ4v) is 1.31. The molecule has 0 radical (unpaired) electrons. The average molecular weight is 247 g/mol. The molecular formula is C9H8BrFO2. The second kappa shape index (κ2) is 3.87. The van der Waals surface area contributed by atoms with Crippen LogP contribution in [0.15, 0.2) is 22.7 Å². The van der Waals surface area contributed by atoms with Gasteiger partial charge >= 0.3 is 5.97 Å². The van der Waals surface area contributed by atoms with Gasteiger partial charge in [0.1, 0.15) is 0 Å². The number of alkyl halides is 1. The lowest BCUT2D eigenvalue weighted by Gasteiger charge is -2.05. The number of halogens is 2. The molecule has 0 bridgehead atoms. The molecule has 0 aliphatic heterocycles. The SMILES string of the molecule is Cc1ccc(C(F)C(=O)O)cc1Br. The largest absolute Gasteiger partial charge is 0.479 e. The van der Waals surface area contributed by atoms with E-state index in [4.69, 9.17) is 5.11 Å². The van der Waals surface area contributed by atoms with Gasteiger partial charge in [-0.25, -0.2) is 9.18 Å². The number of hydrogen-bond acceptors (Lipinski definition) is 1. The maximum atomic E-state index is 12.9. The molecule has 4 heteroatoms.